The highest BCUT2D eigenvalue weighted by Crippen LogP contribution is 2.25. The minimum absolute atomic E-state index is 0.234. The molecule has 100 valence electrons. The fourth-order valence-electron chi connectivity index (χ4n) is 2.79. The molecule has 1 aromatic carbocycles. The number of fused-ring (bicyclic) bond motifs is 1. The van der Waals surface area contributed by atoms with Gasteiger partial charge in [0.15, 0.2) is 0 Å². The molecule has 0 N–H and O–H groups in total. The highest BCUT2D eigenvalue weighted by molar-refractivity contribution is 9.10. The number of nitrogens with zero attached hydrogens (tertiary/aromatic N) is 2. The predicted molar refractivity (Wildman–Crippen MR) is 80.2 cm³/mol. The smallest absolute Gasteiger partial charge is 0.242 e. The van der Waals surface area contributed by atoms with E-state index in [0.29, 0.717) is 6.54 Å². The van der Waals surface area contributed by atoms with Crippen LogP contribution in [0.2, 0.25) is 0 Å². The number of carbonyl (C=O) groups excluding carboxylic acids is 1. The van der Waals surface area contributed by atoms with Crippen molar-refractivity contribution in [3.63, 3.8) is 0 Å². The Bertz CT molecular complexity index is 626. The fraction of sp³-hybridized carbons (Fsp3) is 0.400. The van der Waals surface area contributed by atoms with Crippen molar-refractivity contribution in [1.29, 1.82) is 0 Å². The van der Waals surface area contributed by atoms with Gasteiger partial charge in [-0.2, -0.15) is 0 Å². The van der Waals surface area contributed by atoms with Crippen molar-refractivity contribution >= 4 is 32.7 Å². The lowest BCUT2D eigenvalue weighted by Crippen LogP contribution is -2.30. The molecule has 2 heterocycles. The normalized spacial score (nSPS) is 15.4. The summed E-state index contributed by atoms with van der Waals surface area (Å²) in [6.45, 7) is 4.38. The molecule has 1 amide bonds. The monoisotopic (exact) mass is 320 g/mol. The average molecular weight is 321 g/mol. The molecule has 0 atom stereocenters. The second-order valence-corrected chi connectivity index (χ2v) is 6.11. The standard InChI is InChI=1S/C15H17BrN2O/c1-11-9-18(10-15(19)17-6-2-3-7-17)14-5-4-12(16)8-13(11)14/h4-5,8-9H,2-3,6-7,10H2,1H3. The van der Waals surface area contributed by atoms with Gasteiger partial charge >= 0.3 is 0 Å². The van der Waals surface area contributed by atoms with E-state index in [2.05, 4.69) is 45.8 Å². The SMILES string of the molecule is Cc1cn(CC(=O)N2CCCC2)c2ccc(Br)cc12. The lowest BCUT2D eigenvalue weighted by molar-refractivity contribution is -0.130. The highest BCUT2D eigenvalue weighted by atomic mass is 79.9. The summed E-state index contributed by atoms with van der Waals surface area (Å²) < 4.78 is 3.14. The van der Waals surface area contributed by atoms with Crippen molar-refractivity contribution in [2.24, 2.45) is 0 Å². The van der Waals surface area contributed by atoms with Crippen LogP contribution in [0.5, 0.6) is 0 Å². The third kappa shape index (κ3) is 2.41. The number of amides is 1. The molecule has 0 bridgehead atoms. The largest absolute Gasteiger partial charge is 0.341 e. The summed E-state index contributed by atoms with van der Waals surface area (Å²) in [5.74, 6) is 0.234. The van der Waals surface area contributed by atoms with Gasteiger partial charge in [0.05, 0.1) is 0 Å². The van der Waals surface area contributed by atoms with Crippen molar-refractivity contribution in [3.05, 3.63) is 34.4 Å². The van der Waals surface area contributed by atoms with Gasteiger partial charge in [0.1, 0.15) is 6.54 Å². The molecule has 0 saturated carbocycles. The molecule has 19 heavy (non-hydrogen) atoms. The molecule has 4 heteroatoms. The lowest BCUT2D eigenvalue weighted by atomic mass is 10.2. The molecule has 3 rings (SSSR count). The first-order chi connectivity index (χ1) is 9.15. The van der Waals surface area contributed by atoms with Crippen molar-refractivity contribution in [2.75, 3.05) is 13.1 Å². The number of hydrogen-bond acceptors (Lipinski definition) is 1. The topological polar surface area (TPSA) is 25.2 Å². The zero-order chi connectivity index (χ0) is 13.4. The molecule has 0 spiro atoms. The Kier molecular flexibility index (Phi) is 3.35. The summed E-state index contributed by atoms with van der Waals surface area (Å²) >= 11 is 3.50. The molecular weight excluding hydrogens is 304 g/mol. The maximum atomic E-state index is 12.2. The van der Waals surface area contributed by atoms with Crippen LogP contribution in [0.1, 0.15) is 18.4 Å². The van der Waals surface area contributed by atoms with Crippen molar-refractivity contribution in [3.8, 4) is 0 Å². The summed E-state index contributed by atoms with van der Waals surface area (Å²) in [6, 6.07) is 6.21. The van der Waals surface area contributed by atoms with Crippen LogP contribution in [0.3, 0.4) is 0 Å². The van der Waals surface area contributed by atoms with Crippen LogP contribution in [-0.2, 0) is 11.3 Å². The van der Waals surface area contributed by atoms with E-state index in [9.17, 15) is 4.79 Å². The molecule has 1 saturated heterocycles. The maximum absolute atomic E-state index is 12.2. The summed E-state index contributed by atoms with van der Waals surface area (Å²) in [5, 5.41) is 1.21. The number of hydrogen-bond donors (Lipinski definition) is 0. The number of rotatable bonds is 2. The number of halogens is 1. The third-order valence-corrected chi connectivity index (χ3v) is 4.30. The van der Waals surface area contributed by atoms with Gasteiger partial charge in [-0.05, 0) is 43.5 Å². The molecule has 1 aliphatic heterocycles. The number of aryl methyl sites for hydroxylation is 1. The first-order valence-electron chi connectivity index (χ1n) is 6.68. The van der Waals surface area contributed by atoms with Gasteiger partial charge in [0.25, 0.3) is 0 Å². The van der Waals surface area contributed by atoms with Gasteiger partial charge in [-0.1, -0.05) is 15.9 Å². The van der Waals surface area contributed by atoms with Crippen LogP contribution in [0.15, 0.2) is 28.9 Å². The summed E-state index contributed by atoms with van der Waals surface area (Å²) in [5.41, 5.74) is 2.35. The van der Waals surface area contributed by atoms with Gasteiger partial charge in [-0.15, -0.1) is 0 Å². The van der Waals surface area contributed by atoms with Crippen molar-refractivity contribution in [2.45, 2.75) is 26.3 Å². The molecule has 2 aromatic rings. The van der Waals surface area contributed by atoms with Crippen LogP contribution in [0, 0.1) is 6.92 Å². The first kappa shape index (κ1) is 12.7. The van der Waals surface area contributed by atoms with E-state index in [4.69, 9.17) is 0 Å². The van der Waals surface area contributed by atoms with E-state index in [-0.39, 0.29) is 5.91 Å². The Hall–Kier alpha value is -1.29. The van der Waals surface area contributed by atoms with Crippen molar-refractivity contribution in [1.82, 2.24) is 9.47 Å². The van der Waals surface area contributed by atoms with E-state index < -0.39 is 0 Å². The number of likely N-dealkylation sites (tertiary alicyclic amines) is 1. The van der Waals surface area contributed by atoms with Crippen LogP contribution < -0.4 is 0 Å². The number of carbonyl (C=O) groups is 1. The van der Waals surface area contributed by atoms with E-state index in [1.54, 1.807) is 0 Å². The Morgan fingerprint density at radius 1 is 1.32 bits per heavy atom. The van der Waals surface area contributed by atoms with E-state index in [1.807, 2.05) is 11.0 Å². The van der Waals surface area contributed by atoms with Gasteiger partial charge in [-0.25, -0.2) is 0 Å². The summed E-state index contributed by atoms with van der Waals surface area (Å²) in [4.78, 5) is 14.2. The third-order valence-electron chi connectivity index (χ3n) is 3.81. The van der Waals surface area contributed by atoms with Crippen LogP contribution in [-0.4, -0.2) is 28.5 Å². The van der Waals surface area contributed by atoms with Gasteiger partial charge in [0, 0.05) is 34.7 Å². The number of benzene rings is 1. The van der Waals surface area contributed by atoms with E-state index in [0.717, 1.165) is 35.9 Å². The Labute approximate surface area is 121 Å². The van der Waals surface area contributed by atoms with Crippen LogP contribution in [0.4, 0.5) is 0 Å². The molecule has 1 fully saturated rings. The molecule has 0 aliphatic carbocycles. The maximum Gasteiger partial charge on any atom is 0.242 e. The fourth-order valence-corrected chi connectivity index (χ4v) is 3.15. The van der Waals surface area contributed by atoms with E-state index >= 15 is 0 Å². The van der Waals surface area contributed by atoms with Crippen LogP contribution >= 0.6 is 15.9 Å². The molecule has 0 unspecified atom stereocenters. The minimum Gasteiger partial charge on any atom is -0.341 e. The first-order valence-corrected chi connectivity index (χ1v) is 7.47. The predicted octanol–water partition coefficient (Wildman–Crippen LogP) is 3.33. The summed E-state index contributed by atoms with van der Waals surface area (Å²) in [7, 11) is 0. The second kappa shape index (κ2) is 5.00. The molecule has 0 radical (unpaired) electrons. The zero-order valence-electron chi connectivity index (χ0n) is 11.0. The van der Waals surface area contributed by atoms with Crippen molar-refractivity contribution < 1.29 is 4.79 Å². The minimum atomic E-state index is 0.234. The Morgan fingerprint density at radius 3 is 2.79 bits per heavy atom. The lowest BCUT2D eigenvalue weighted by Gasteiger charge is -2.16. The van der Waals surface area contributed by atoms with Gasteiger partial charge < -0.3 is 9.47 Å². The Morgan fingerprint density at radius 2 is 2.05 bits per heavy atom. The average Bonchev–Trinajstić information content (AvgIpc) is 2.99. The van der Waals surface area contributed by atoms with Gasteiger partial charge in [-0.3, -0.25) is 4.79 Å². The molecule has 1 aliphatic rings. The molecular formula is C15H17BrN2O. The Balaban J connectivity index is 1.90. The number of aromatic nitrogens is 1. The quantitative estimate of drug-likeness (QED) is 0.833. The second-order valence-electron chi connectivity index (χ2n) is 5.19. The molecule has 3 nitrogen and oxygen atoms in total. The van der Waals surface area contributed by atoms with Gasteiger partial charge in [0.2, 0.25) is 5.91 Å². The molecule has 1 aromatic heterocycles. The van der Waals surface area contributed by atoms with E-state index in [1.165, 1.54) is 10.9 Å². The summed E-state index contributed by atoms with van der Waals surface area (Å²) in [6.07, 6.45) is 4.36. The zero-order valence-corrected chi connectivity index (χ0v) is 12.6. The van der Waals surface area contributed by atoms with Crippen LogP contribution in [0.25, 0.3) is 10.9 Å². The highest BCUT2D eigenvalue weighted by Gasteiger charge is 2.18.